The molecule has 1 aromatic rings. The standard InChI is InChI=1S/C18H31NO/c1-2-3-4-5-6-7-8-9-10-11-12-15-18-16-13-14-17-19(18)20/h13-14,16-17H,2-12,15H2,1H3. The molecule has 0 amide bonds. The van der Waals surface area contributed by atoms with Gasteiger partial charge in [0.05, 0.1) is 0 Å². The molecule has 0 saturated carbocycles. The summed E-state index contributed by atoms with van der Waals surface area (Å²) in [6.45, 7) is 2.27. The number of rotatable bonds is 12. The lowest BCUT2D eigenvalue weighted by Gasteiger charge is -2.04. The third-order valence-electron chi connectivity index (χ3n) is 3.94. The van der Waals surface area contributed by atoms with Crippen molar-refractivity contribution in [3.63, 3.8) is 0 Å². The second-order valence-electron chi connectivity index (χ2n) is 5.80. The molecule has 0 aromatic carbocycles. The van der Waals surface area contributed by atoms with E-state index in [1.807, 2.05) is 12.1 Å². The molecule has 0 saturated heterocycles. The second-order valence-corrected chi connectivity index (χ2v) is 5.80. The van der Waals surface area contributed by atoms with Crippen molar-refractivity contribution in [3.05, 3.63) is 35.3 Å². The molecule has 0 aliphatic heterocycles. The Morgan fingerprint density at radius 1 is 0.800 bits per heavy atom. The first kappa shape index (κ1) is 17.0. The monoisotopic (exact) mass is 277 g/mol. The zero-order chi connectivity index (χ0) is 14.5. The predicted molar refractivity (Wildman–Crippen MR) is 85.6 cm³/mol. The fraction of sp³-hybridized carbons (Fsp3) is 0.722. The molecular weight excluding hydrogens is 246 g/mol. The lowest BCUT2D eigenvalue weighted by atomic mass is 10.0. The van der Waals surface area contributed by atoms with Crippen LogP contribution in [0.25, 0.3) is 0 Å². The first-order valence-corrected chi connectivity index (χ1v) is 8.51. The van der Waals surface area contributed by atoms with Gasteiger partial charge in [0.15, 0.2) is 11.9 Å². The van der Waals surface area contributed by atoms with Crippen LogP contribution in [0, 0.1) is 5.21 Å². The molecule has 2 nitrogen and oxygen atoms in total. The van der Waals surface area contributed by atoms with Crippen molar-refractivity contribution in [3.8, 4) is 0 Å². The maximum atomic E-state index is 11.4. The van der Waals surface area contributed by atoms with Crippen LogP contribution in [-0.2, 0) is 6.42 Å². The van der Waals surface area contributed by atoms with Crippen LogP contribution < -0.4 is 4.73 Å². The molecule has 0 fully saturated rings. The lowest BCUT2D eigenvalue weighted by molar-refractivity contribution is -0.614. The van der Waals surface area contributed by atoms with Crippen LogP contribution in [0.5, 0.6) is 0 Å². The topological polar surface area (TPSA) is 26.9 Å². The Labute approximate surface area is 124 Å². The Hall–Kier alpha value is -1.05. The molecular formula is C18H31NO. The van der Waals surface area contributed by atoms with Gasteiger partial charge in [-0.1, -0.05) is 77.2 Å². The van der Waals surface area contributed by atoms with E-state index in [0.29, 0.717) is 0 Å². The minimum Gasteiger partial charge on any atom is -0.619 e. The molecule has 0 bridgehead atoms. The first-order valence-electron chi connectivity index (χ1n) is 8.51. The molecule has 1 rings (SSSR count). The summed E-state index contributed by atoms with van der Waals surface area (Å²) >= 11 is 0. The van der Waals surface area contributed by atoms with E-state index in [1.54, 1.807) is 12.3 Å². The predicted octanol–water partition coefficient (Wildman–Crippen LogP) is 5.17. The smallest absolute Gasteiger partial charge is 0.192 e. The van der Waals surface area contributed by atoms with Gasteiger partial charge in [0.1, 0.15) is 0 Å². The van der Waals surface area contributed by atoms with Crippen molar-refractivity contribution >= 4 is 0 Å². The molecule has 0 radical (unpaired) electrons. The molecule has 0 aliphatic rings. The highest BCUT2D eigenvalue weighted by atomic mass is 16.5. The number of pyridine rings is 1. The zero-order valence-electron chi connectivity index (χ0n) is 13.2. The van der Waals surface area contributed by atoms with Crippen molar-refractivity contribution in [2.24, 2.45) is 0 Å². The highest BCUT2D eigenvalue weighted by molar-refractivity contribution is 4.97. The second kappa shape index (κ2) is 11.7. The van der Waals surface area contributed by atoms with E-state index < -0.39 is 0 Å². The summed E-state index contributed by atoms with van der Waals surface area (Å²) in [4.78, 5) is 0. The number of aromatic nitrogens is 1. The van der Waals surface area contributed by atoms with E-state index in [-0.39, 0.29) is 0 Å². The van der Waals surface area contributed by atoms with Gasteiger partial charge in [-0.05, 0) is 6.42 Å². The largest absolute Gasteiger partial charge is 0.619 e. The summed E-state index contributed by atoms with van der Waals surface area (Å²) in [7, 11) is 0. The third kappa shape index (κ3) is 8.19. The van der Waals surface area contributed by atoms with E-state index in [0.717, 1.165) is 23.3 Å². The summed E-state index contributed by atoms with van der Waals surface area (Å²) in [5.41, 5.74) is 0.906. The fourth-order valence-corrected chi connectivity index (χ4v) is 2.63. The number of aryl methyl sites for hydroxylation is 1. The van der Waals surface area contributed by atoms with E-state index in [4.69, 9.17) is 0 Å². The average molecular weight is 277 g/mol. The van der Waals surface area contributed by atoms with Gasteiger partial charge in [-0.2, -0.15) is 4.73 Å². The highest BCUT2D eigenvalue weighted by Gasteiger charge is 2.02. The number of nitrogens with zero attached hydrogens (tertiary/aromatic N) is 1. The maximum absolute atomic E-state index is 11.4. The molecule has 0 unspecified atom stereocenters. The number of unbranched alkanes of at least 4 members (excludes halogenated alkanes) is 10. The SMILES string of the molecule is CCCCCCCCCCCCCc1cccc[n+]1[O-]. The van der Waals surface area contributed by atoms with Gasteiger partial charge < -0.3 is 5.21 Å². The Balaban J connectivity index is 1.87. The van der Waals surface area contributed by atoms with Crippen LogP contribution in [0.4, 0.5) is 0 Å². The van der Waals surface area contributed by atoms with Crippen LogP contribution in [-0.4, -0.2) is 0 Å². The molecule has 0 aliphatic carbocycles. The maximum Gasteiger partial charge on any atom is 0.192 e. The summed E-state index contributed by atoms with van der Waals surface area (Å²) in [6.07, 6.45) is 17.4. The number of hydrogen-bond donors (Lipinski definition) is 0. The Morgan fingerprint density at radius 2 is 1.35 bits per heavy atom. The van der Waals surface area contributed by atoms with Crippen molar-refractivity contribution in [2.75, 3.05) is 0 Å². The van der Waals surface area contributed by atoms with Crippen molar-refractivity contribution < 1.29 is 4.73 Å². The van der Waals surface area contributed by atoms with Gasteiger partial charge in [0.25, 0.3) is 0 Å². The molecule has 114 valence electrons. The Kier molecular flexibility index (Phi) is 9.99. The van der Waals surface area contributed by atoms with Gasteiger partial charge in [0.2, 0.25) is 0 Å². The molecule has 2 heteroatoms. The Bertz CT molecular complexity index is 338. The summed E-state index contributed by atoms with van der Waals surface area (Å²) < 4.78 is 0.996. The third-order valence-corrected chi connectivity index (χ3v) is 3.94. The van der Waals surface area contributed by atoms with Crippen LogP contribution >= 0.6 is 0 Å². The quantitative estimate of drug-likeness (QED) is 0.294. The minimum absolute atomic E-state index is 0.906. The molecule has 1 heterocycles. The van der Waals surface area contributed by atoms with Gasteiger partial charge in [-0.3, -0.25) is 0 Å². The molecule has 0 spiro atoms. The molecule has 0 N–H and O–H groups in total. The van der Waals surface area contributed by atoms with Crippen LogP contribution in [0.1, 0.15) is 83.2 Å². The van der Waals surface area contributed by atoms with Crippen LogP contribution in [0.3, 0.4) is 0 Å². The molecule has 0 atom stereocenters. The normalized spacial score (nSPS) is 10.8. The minimum atomic E-state index is 0.906. The van der Waals surface area contributed by atoms with E-state index in [9.17, 15) is 5.21 Å². The molecule has 1 aromatic heterocycles. The van der Waals surface area contributed by atoms with Gasteiger partial charge in [0, 0.05) is 18.6 Å². The van der Waals surface area contributed by atoms with Crippen molar-refractivity contribution in [2.45, 2.75) is 84.0 Å². The van der Waals surface area contributed by atoms with Gasteiger partial charge >= 0.3 is 0 Å². The van der Waals surface area contributed by atoms with E-state index in [2.05, 4.69) is 6.92 Å². The van der Waals surface area contributed by atoms with Gasteiger partial charge in [-0.15, -0.1) is 0 Å². The van der Waals surface area contributed by atoms with Crippen molar-refractivity contribution in [1.82, 2.24) is 0 Å². The number of hydrogen-bond acceptors (Lipinski definition) is 1. The summed E-state index contributed by atoms with van der Waals surface area (Å²) in [6, 6.07) is 5.67. The van der Waals surface area contributed by atoms with Crippen molar-refractivity contribution in [1.29, 1.82) is 0 Å². The van der Waals surface area contributed by atoms with Crippen LogP contribution in [0.2, 0.25) is 0 Å². The van der Waals surface area contributed by atoms with Crippen LogP contribution in [0.15, 0.2) is 24.4 Å². The first-order chi connectivity index (χ1) is 9.84. The zero-order valence-corrected chi connectivity index (χ0v) is 13.2. The summed E-state index contributed by atoms with van der Waals surface area (Å²) in [5, 5.41) is 11.4. The van der Waals surface area contributed by atoms with Gasteiger partial charge in [-0.25, -0.2) is 0 Å². The Morgan fingerprint density at radius 3 is 1.90 bits per heavy atom. The lowest BCUT2D eigenvalue weighted by Crippen LogP contribution is -2.30. The summed E-state index contributed by atoms with van der Waals surface area (Å²) in [5.74, 6) is 0. The highest BCUT2D eigenvalue weighted by Crippen LogP contribution is 2.12. The fourth-order valence-electron chi connectivity index (χ4n) is 2.63. The van der Waals surface area contributed by atoms with E-state index >= 15 is 0 Å². The molecule has 20 heavy (non-hydrogen) atoms. The van der Waals surface area contributed by atoms with E-state index in [1.165, 1.54) is 64.2 Å². The average Bonchev–Trinajstić information content (AvgIpc) is 2.46.